The topological polar surface area (TPSA) is 111 Å². The van der Waals surface area contributed by atoms with Crippen LogP contribution in [0.3, 0.4) is 0 Å². The lowest BCUT2D eigenvalue weighted by atomic mass is 10.0. The second kappa shape index (κ2) is 50.0. The molecular formula is C59H116N2O7P+. The first kappa shape index (κ1) is 67.5. The van der Waals surface area contributed by atoms with E-state index in [-0.39, 0.29) is 25.1 Å². The minimum Gasteiger partial charge on any atom is -0.456 e. The van der Waals surface area contributed by atoms with E-state index in [4.69, 9.17) is 13.8 Å². The van der Waals surface area contributed by atoms with Crippen LogP contribution in [-0.2, 0) is 27.9 Å². The van der Waals surface area contributed by atoms with Crippen LogP contribution in [0.25, 0.3) is 0 Å². The number of ether oxygens (including phenoxy) is 1. The average Bonchev–Trinajstić information content (AvgIpc) is 3.31. The summed E-state index contributed by atoms with van der Waals surface area (Å²) in [5.74, 6) is -0.510. The van der Waals surface area contributed by atoms with Crippen LogP contribution >= 0.6 is 7.82 Å². The van der Waals surface area contributed by atoms with Gasteiger partial charge in [-0.3, -0.25) is 18.6 Å². The molecule has 0 aromatic rings. The maximum Gasteiger partial charge on any atom is 0.472 e. The molecule has 1 amide bonds. The van der Waals surface area contributed by atoms with Crippen molar-refractivity contribution in [1.82, 2.24) is 5.32 Å². The molecule has 0 bridgehead atoms. The number of amides is 1. The molecule has 408 valence electrons. The molecular weight excluding hydrogens is 880 g/mol. The number of phosphoric ester groups is 1. The zero-order chi connectivity index (χ0) is 50.8. The van der Waals surface area contributed by atoms with Gasteiger partial charge in [-0.05, 0) is 57.4 Å². The highest BCUT2D eigenvalue weighted by atomic mass is 31.2. The molecule has 0 saturated carbocycles. The molecule has 0 aliphatic heterocycles. The number of rotatable bonds is 54. The molecule has 0 fully saturated rings. The van der Waals surface area contributed by atoms with Crippen molar-refractivity contribution in [3.63, 3.8) is 0 Å². The molecule has 0 saturated heterocycles. The van der Waals surface area contributed by atoms with Crippen LogP contribution in [0.1, 0.15) is 290 Å². The van der Waals surface area contributed by atoms with Gasteiger partial charge in [0.2, 0.25) is 5.91 Å². The monoisotopic (exact) mass is 996 g/mol. The van der Waals surface area contributed by atoms with Gasteiger partial charge in [0, 0.05) is 12.8 Å². The van der Waals surface area contributed by atoms with Gasteiger partial charge in [-0.25, -0.2) is 4.57 Å². The number of nitrogens with zero attached hydrogens (tertiary/aromatic N) is 1. The fourth-order valence-electron chi connectivity index (χ4n) is 8.76. The van der Waals surface area contributed by atoms with Gasteiger partial charge in [0.1, 0.15) is 19.3 Å². The number of quaternary nitrogens is 1. The molecule has 0 aromatic carbocycles. The van der Waals surface area contributed by atoms with Gasteiger partial charge in [-0.1, -0.05) is 244 Å². The molecule has 9 nitrogen and oxygen atoms in total. The van der Waals surface area contributed by atoms with Crippen molar-refractivity contribution in [2.75, 3.05) is 40.9 Å². The SMILES string of the molecule is CCCCCCCCC/C=C\CCCCCC(=O)NC(COP(=O)(O)OCC[N+](C)(C)C)C(/C=C/CCCCCCCCCCCC)OC(=O)CCCCCCCCCCCCCCCCCCC. The Labute approximate surface area is 428 Å². The summed E-state index contributed by atoms with van der Waals surface area (Å²) in [4.78, 5) is 37.6. The highest BCUT2D eigenvalue weighted by molar-refractivity contribution is 7.47. The maximum atomic E-state index is 13.5. The third kappa shape index (κ3) is 51.2. The van der Waals surface area contributed by atoms with Gasteiger partial charge in [0.05, 0.1) is 33.8 Å². The predicted octanol–water partition coefficient (Wildman–Crippen LogP) is 17.8. The smallest absolute Gasteiger partial charge is 0.456 e. The standard InChI is InChI=1S/C59H115N2O7P/c1-7-10-13-16-19-22-25-28-30-31-32-34-37-40-43-46-49-52-59(63)68-57(50-47-44-41-38-35-27-24-21-18-15-12-9-3)56(55-67-69(64,65)66-54-53-61(4,5)6)60-58(62)51-48-45-42-39-36-33-29-26-23-20-17-14-11-8-2/h33,36,47,50,56-57H,7-32,34-35,37-46,48-49,51-55H2,1-6H3,(H-,60,62,64,65)/p+1/b36-33-,50-47+. The van der Waals surface area contributed by atoms with E-state index in [0.717, 1.165) is 70.6 Å². The first-order valence-electron chi connectivity index (χ1n) is 29.7. The van der Waals surface area contributed by atoms with Gasteiger partial charge >= 0.3 is 13.8 Å². The van der Waals surface area contributed by atoms with Crippen LogP contribution in [0.5, 0.6) is 0 Å². The Bertz CT molecular complexity index is 1240. The second-order valence-corrected chi connectivity index (χ2v) is 23.0. The highest BCUT2D eigenvalue weighted by Gasteiger charge is 2.30. The van der Waals surface area contributed by atoms with Crippen molar-refractivity contribution < 1.29 is 37.3 Å². The first-order chi connectivity index (χ1) is 33.4. The molecule has 3 unspecified atom stereocenters. The van der Waals surface area contributed by atoms with E-state index < -0.39 is 20.0 Å². The zero-order valence-electron chi connectivity index (χ0n) is 46.6. The summed E-state index contributed by atoms with van der Waals surface area (Å²) in [6.07, 6.45) is 57.4. The second-order valence-electron chi connectivity index (χ2n) is 21.5. The lowest BCUT2D eigenvalue weighted by molar-refractivity contribution is -0.870. The van der Waals surface area contributed by atoms with E-state index in [9.17, 15) is 19.0 Å². The van der Waals surface area contributed by atoms with Crippen molar-refractivity contribution in [3.8, 4) is 0 Å². The number of phosphoric acid groups is 1. The number of allylic oxidation sites excluding steroid dienone is 3. The Morgan fingerprint density at radius 1 is 0.493 bits per heavy atom. The summed E-state index contributed by atoms with van der Waals surface area (Å²) < 4.78 is 30.6. The third-order valence-corrected chi connectivity index (χ3v) is 14.4. The third-order valence-electron chi connectivity index (χ3n) is 13.4. The first-order valence-corrected chi connectivity index (χ1v) is 31.2. The fraction of sp³-hybridized carbons (Fsp3) is 0.898. The van der Waals surface area contributed by atoms with Crippen LogP contribution in [0.15, 0.2) is 24.3 Å². The number of carbonyl (C=O) groups excluding carboxylic acids is 2. The summed E-state index contributed by atoms with van der Waals surface area (Å²) in [6, 6.07) is -0.849. The number of esters is 1. The summed E-state index contributed by atoms with van der Waals surface area (Å²) in [5, 5.41) is 3.04. The van der Waals surface area contributed by atoms with E-state index in [1.165, 1.54) is 186 Å². The largest absolute Gasteiger partial charge is 0.472 e. The molecule has 0 spiro atoms. The van der Waals surface area contributed by atoms with E-state index in [2.05, 4.69) is 38.2 Å². The summed E-state index contributed by atoms with van der Waals surface area (Å²) in [7, 11) is 1.50. The van der Waals surface area contributed by atoms with Gasteiger partial charge in [0.25, 0.3) is 0 Å². The molecule has 0 aliphatic carbocycles. The van der Waals surface area contributed by atoms with E-state index in [1.807, 2.05) is 33.3 Å². The molecule has 3 atom stereocenters. The highest BCUT2D eigenvalue weighted by Crippen LogP contribution is 2.43. The number of likely N-dealkylation sites (N-methyl/N-ethyl adjacent to an activating group) is 1. The molecule has 0 aromatic heterocycles. The van der Waals surface area contributed by atoms with Gasteiger partial charge in [-0.15, -0.1) is 0 Å². The minimum atomic E-state index is -4.44. The molecule has 2 N–H and O–H groups in total. The normalized spacial score (nSPS) is 13.9. The zero-order valence-corrected chi connectivity index (χ0v) is 47.5. The Morgan fingerprint density at radius 2 is 0.841 bits per heavy atom. The fourth-order valence-corrected chi connectivity index (χ4v) is 9.50. The molecule has 69 heavy (non-hydrogen) atoms. The van der Waals surface area contributed by atoms with Crippen LogP contribution in [0.4, 0.5) is 0 Å². The van der Waals surface area contributed by atoms with Gasteiger partial charge < -0.3 is 19.4 Å². The summed E-state index contributed by atoms with van der Waals surface area (Å²) in [6.45, 7) is 7.02. The predicted molar refractivity (Wildman–Crippen MR) is 296 cm³/mol. The molecule has 0 aliphatic rings. The molecule has 0 heterocycles. The number of carbonyl (C=O) groups is 2. The van der Waals surface area contributed by atoms with Crippen LogP contribution < -0.4 is 5.32 Å². The Balaban J connectivity index is 5.30. The van der Waals surface area contributed by atoms with Gasteiger partial charge in [0.15, 0.2) is 0 Å². The van der Waals surface area contributed by atoms with Crippen molar-refractivity contribution in [1.29, 1.82) is 0 Å². The van der Waals surface area contributed by atoms with Crippen LogP contribution in [-0.4, -0.2) is 74.3 Å². The van der Waals surface area contributed by atoms with Crippen molar-refractivity contribution in [2.24, 2.45) is 0 Å². The van der Waals surface area contributed by atoms with E-state index in [1.54, 1.807) is 0 Å². The Morgan fingerprint density at radius 3 is 1.25 bits per heavy atom. The maximum absolute atomic E-state index is 13.5. The molecule has 0 rings (SSSR count). The Hall–Kier alpha value is -1.51. The Kier molecular flexibility index (Phi) is 48.9. The number of nitrogens with one attached hydrogen (secondary N) is 1. The van der Waals surface area contributed by atoms with Crippen molar-refractivity contribution in [2.45, 2.75) is 303 Å². The number of hydrogen-bond acceptors (Lipinski definition) is 6. The summed E-state index contributed by atoms with van der Waals surface area (Å²) in [5.41, 5.74) is 0. The van der Waals surface area contributed by atoms with Gasteiger partial charge in [-0.2, -0.15) is 0 Å². The number of hydrogen-bond donors (Lipinski definition) is 2. The lowest BCUT2D eigenvalue weighted by Crippen LogP contribution is -2.47. The van der Waals surface area contributed by atoms with Crippen LogP contribution in [0.2, 0.25) is 0 Å². The average molecular weight is 997 g/mol. The lowest BCUT2D eigenvalue weighted by Gasteiger charge is -2.27. The van der Waals surface area contributed by atoms with E-state index in [0.29, 0.717) is 23.9 Å². The molecule has 0 radical (unpaired) electrons. The van der Waals surface area contributed by atoms with Crippen molar-refractivity contribution >= 4 is 19.7 Å². The summed E-state index contributed by atoms with van der Waals surface area (Å²) >= 11 is 0. The number of unbranched alkanes of at least 4 members (excludes halogenated alkanes) is 36. The quantitative estimate of drug-likeness (QED) is 0.0205. The molecule has 10 heteroatoms. The minimum absolute atomic E-state index is 0.0408. The van der Waals surface area contributed by atoms with Crippen LogP contribution in [0, 0.1) is 0 Å². The van der Waals surface area contributed by atoms with Crippen molar-refractivity contribution in [3.05, 3.63) is 24.3 Å². The van der Waals surface area contributed by atoms with E-state index >= 15 is 0 Å².